The van der Waals surface area contributed by atoms with Gasteiger partial charge in [0.25, 0.3) is 0 Å². The highest BCUT2D eigenvalue weighted by molar-refractivity contribution is 5.70. The number of hydrogen-bond donors (Lipinski definition) is 7. The lowest BCUT2D eigenvalue weighted by molar-refractivity contribution is -0.332. The number of ether oxygens (including phenoxy) is 6. The highest BCUT2D eigenvalue weighted by Crippen LogP contribution is 2.26. The third-order valence-corrected chi connectivity index (χ3v) is 8.79. The quantitative estimate of drug-likeness (QED) is 0.0379. The summed E-state index contributed by atoms with van der Waals surface area (Å²) in [6, 6.07) is 0. The maximum Gasteiger partial charge on any atom is 0.306 e. The van der Waals surface area contributed by atoms with E-state index in [1.807, 2.05) is 6.92 Å². The lowest BCUT2D eigenvalue weighted by atomic mass is 9.98. The van der Waals surface area contributed by atoms with E-state index in [0.717, 1.165) is 51.4 Å². The van der Waals surface area contributed by atoms with E-state index in [-0.39, 0.29) is 19.4 Å². The van der Waals surface area contributed by atoms with Crippen LogP contribution in [0.3, 0.4) is 0 Å². The number of aliphatic hydroxyl groups excluding tert-OH is 7. The molecule has 0 aromatic rings. The third-order valence-electron chi connectivity index (χ3n) is 8.79. The van der Waals surface area contributed by atoms with E-state index in [0.29, 0.717) is 12.8 Å². The minimum Gasteiger partial charge on any atom is -0.462 e. The van der Waals surface area contributed by atoms with Gasteiger partial charge in [0.1, 0.15) is 55.4 Å². The van der Waals surface area contributed by atoms with E-state index in [1.165, 1.54) is 0 Å². The second-order valence-corrected chi connectivity index (χ2v) is 13.4. The number of esters is 2. The topological polar surface area (TPSA) is 231 Å². The van der Waals surface area contributed by atoms with Crippen LogP contribution >= 0.6 is 0 Å². The Balaban J connectivity index is 1.79. The van der Waals surface area contributed by atoms with Crippen molar-refractivity contribution in [3.63, 3.8) is 0 Å². The van der Waals surface area contributed by atoms with E-state index in [9.17, 15) is 45.3 Å². The molecule has 0 bridgehead atoms. The van der Waals surface area contributed by atoms with E-state index >= 15 is 0 Å². The van der Waals surface area contributed by atoms with Gasteiger partial charge in [0.05, 0.1) is 19.8 Å². The van der Waals surface area contributed by atoms with Gasteiger partial charge in [0, 0.05) is 12.8 Å². The average molecular weight is 773 g/mol. The smallest absolute Gasteiger partial charge is 0.306 e. The van der Waals surface area contributed by atoms with Crippen LogP contribution in [0.15, 0.2) is 48.6 Å². The highest BCUT2D eigenvalue weighted by atomic mass is 16.7. The Morgan fingerprint density at radius 1 is 0.611 bits per heavy atom. The van der Waals surface area contributed by atoms with Crippen molar-refractivity contribution in [2.24, 2.45) is 0 Å². The molecule has 0 amide bonds. The fraction of sp³-hybridized carbons (Fsp3) is 0.744. The molecule has 2 heterocycles. The lowest BCUT2D eigenvalue weighted by Crippen LogP contribution is -2.61. The molecule has 2 saturated heterocycles. The molecule has 2 fully saturated rings. The van der Waals surface area contributed by atoms with Crippen LogP contribution in [0, 0.1) is 0 Å². The molecule has 0 aromatic heterocycles. The van der Waals surface area contributed by atoms with Gasteiger partial charge in [-0.05, 0) is 51.4 Å². The number of allylic oxidation sites excluding steroid dienone is 8. The minimum atomic E-state index is -1.77. The summed E-state index contributed by atoms with van der Waals surface area (Å²) in [5.74, 6) is -1.02. The lowest BCUT2D eigenvalue weighted by Gasteiger charge is -2.42. The SMILES string of the molecule is CC/C=C\C/C=C\C/C=C\C/C=C\CCCCCCC(=O)OC(COC(=O)CCC)COC1OC(COC2OC(CO)C(O)C(O)C2O)C(O)C(O)C1O. The number of carbonyl (C=O) groups excluding carboxylic acids is 2. The first-order valence-electron chi connectivity index (χ1n) is 19.2. The summed E-state index contributed by atoms with van der Waals surface area (Å²) in [6.45, 7) is 1.99. The van der Waals surface area contributed by atoms with Crippen LogP contribution in [-0.4, -0.2) is 142 Å². The van der Waals surface area contributed by atoms with E-state index < -0.39 is 99.3 Å². The van der Waals surface area contributed by atoms with Gasteiger partial charge < -0.3 is 64.2 Å². The van der Waals surface area contributed by atoms with E-state index in [2.05, 4.69) is 55.5 Å². The summed E-state index contributed by atoms with van der Waals surface area (Å²) in [6.07, 6.45) is 9.34. The fourth-order valence-electron chi connectivity index (χ4n) is 5.59. The molecule has 2 rings (SSSR count). The van der Waals surface area contributed by atoms with Crippen molar-refractivity contribution in [3.8, 4) is 0 Å². The first kappa shape index (κ1) is 47.6. The zero-order valence-electron chi connectivity index (χ0n) is 31.7. The Kier molecular flexibility index (Phi) is 24.6. The minimum absolute atomic E-state index is 0.133. The molecular weight excluding hydrogens is 708 g/mol. The molecule has 310 valence electrons. The van der Waals surface area contributed by atoms with Crippen LogP contribution in [0.5, 0.6) is 0 Å². The molecule has 0 saturated carbocycles. The number of rotatable bonds is 26. The molecule has 0 aliphatic carbocycles. The molecule has 15 heteroatoms. The van der Waals surface area contributed by atoms with Crippen LogP contribution in [0.1, 0.15) is 90.9 Å². The largest absolute Gasteiger partial charge is 0.462 e. The first-order valence-corrected chi connectivity index (χ1v) is 19.2. The molecule has 2 aliphatic rings. The second kappa shape index (κ2) is 27.9. The molecule has 7 N–H and O–H groups in total. The highest BCUT2D eigenvalue weighted by Gasteiger charge is 2.47. The summed E-state index contributed by atoms with van der Waals surface area (Å²) in [5.41, 5.74) is 0. The maximum absolute atomic E-state index is 12.7. The van der Waals surface area contributed by atoms with Gasteiger partial charge in [-0.3, -0.25) is 9.59 Å². The van der Waals surface area contributed by atoms with Gasteiger partial charge in [0.15, 0.2) is 18.7 Å². The van der Waals surface area contributed by atoms with Crippen molar-refractivity contribution in [3.05, 3.63) is 48.6 Å². The standard InChI is InChI=1S/C39H64O15/c1-3-5-6-7-8-9-10-11-12-13-14-15-16-17-18-19-20-22-31(42)52-27(24-49-30(41)21-4-2)25-50-38-37(48)35(46)33(44)29(54-38)26-51-39-36(47)34(45)32(43)28(23-40)53-39/h5-6,8-9,11-12,14-15,27-29,32-40,43-48H,3-4,7,10,13,16-26H2,1-2H3/b6-5-,9-8-,12-11-,15-14-. The summed E-state index contributed by atoms with van der Waals surface area (Å²) >= 11 is 0. The molecule has 0 aromatic carbocycles. The van der Waals surface area contributed by atoms with Crippen LogP contribution in [0.2, 0.25) is 0 Å². The van der Waals surface area contributed by atoms with Gasteiger partial charge in [0.2, 0.25) is 0 Å². The summed E-state index contributed by atoms with van der Waals surface area (Å²) in [4.78, 5) is 24.7. The predicted molar refractivity (Wildman–Crippen MR) is 197 cm³/mol. The van der Waals surface area contributed by atoms with Crippen molar-refractivity contribution >= 4 is 11.9 Å². The Bertz CT molecular complexity index is 1140. The van der Waals surface area contributed by atoms with Crippen molar-refractivity contribution < 1.29 is 73.8 Å². The van der Waals surface area contributed by atoms with Crippen LogP contribution in [-0.2, 0) is 38.0 Å². The molecule has 0 spiro atoms. The molecule has 0 radical (unpaired) electrons. The van der Waals surface area contributed by atoms with Gasteiger partial charge in [-0.2, -0.15) is 0 Å². The molecule has 11 unspecified atom stereocenters. The predicted octanol–water partition coefficient (Wildman–Crippen LogP) is 2.03. The summed E-state index contributed by atoms with van der Waals surface area (Å²) in [7, 11) is 0. The Morgan fingerprint density at radius 2 is 1.17 bits per heavy atom. The zero-order chi connectivity index (χ0) is 39.7. The number of carbonyl (C=O) groups is 2. The maximum atomic E-state index is 12.7. The van der Waals surface area contributed by atoms with Crippen LogP contribution < -0.4 is 0 Å². The van der Waals surface area contributed by atoms with Gasteiger partial charge >= 0.3 is 11.9 Å². The zero-order valence-corrected chi connectivity index (χ0v) is 31.7. The normalized spacial score (nSPS) is 29.8. The van der Waals surface area contributed by atoms with Crippen LogP contribution in [0.25, 0.3) is 0 Å². The Hall–Kier alpha value is -2.54. The van der Waals surface area contributed by atoms with Gasteiger partial charge in [-0.15, -0.1) is 0 Å². The first-order chi connectivity index (χ1) is 26.0. The number of hydrogen-bond acceptors (Lipinski definition) is 15. The molecule has 11 atom stereocenters. The molecule has 2 aliphatic heterocycles. The summed E-state index contributed by atoms with van der Waals surface area (Å²) in [5, 5.41) is 71.2. The summed E-state index contributed by atoms with van der Waals surface area (Å²) < 4.78 is 32.8. The van der Waals surface area contributed by atoms with E-state index in [1.54, 1.807) is 0 Å². The van der Waals surface area contributed by atoms with Crippen molar-refractivity contribution in [2.45, 2.75) is 158 Å². The van der Waals surface area contributed by atoms with Gasteiger partial charge in [-0.25, -0.2) is 0 Å². The van der Waals surface area contributed by atoms with Crippen molar-refractivity contribution in [1.29, 1.82) is 0 Å². The third kappa shape index (κ3) is 17.9. The van der Waals surface area contributed by atoms with Crippen molar-refractivity contribution in [1.82, 2.24) is 0 Å². The Labute approximate surface area is 318 Å². The molecule has 54 heavy (non-hydrogen) atoms. The van der Waals surface area contributed by atoms with Crippen LogP contribution in [0.4, 0.5) is 0 Å². The second-order valence-electron chi connectivity index (χ2n) is 13.4. The monoisotopic (exact) mass is 772 g/mol. The number of aliphatic hydroxyl groups is 7. The Morgan fingerprint density at radius 3 is 1.78 bits per heavy atom. The fourth-order valence-corrected chi connectivity index (χ4v) is 5.59. The van der Waals surface area contributed by atoms with E-state index in [4.69, 9.17) is 28.4 Å². The molecular formula is C39H64O15. The van der Waals surface area contributed by atoms with Gasteiger partial charge in [-0.1, -0.05) is 75.3 Å². The van der Waals surface area contributed by atoms with Crippen molar-refractivity contribution in [2.75, 3.05) is 26.4 Å². The number of unbranched alkanes of at least 4 members (excludes halogenated alkanes) is 4. The molecule has 15 nitrogen and oxygen atoms in total. The average Bonchev–Trinajstić information content (AvgIpc) is 3.16.